The zero-order valence-electron chi connectivity index (χ0n) is 12.9. The van der Waals surface area contributed by atoms with Crippen molar-refractivity contribution in [1.29, 1.82) is 0 Å². The third-order valence-electron chi connectivity index (χ3n) is 4.09. The molecule has 2 heterocycles. The second-order valence-corrected chi connectivity index (χ2v) is 5.85. The van der Waals surface area contributed by atoms with Gasteiger partial charge in [0.2, 0.25) is 5.88 Å². The lowest BCUT2D eigenvalue weighted by Gasteiger charge is -2.24. The van der Waals surface area contributed by atoms with Gasteiger partial charge in [0.25, 0.3) is 0 Å². The highest BCUT2D eigenvalue weighted by atomic mass is 16.5. The summed E-state index contributed by atoms with van der Waals surface area (Å²) in [6.45, 7) is 7.91. The van der Waals surface area contributed by atoms with Gasteiger partial charge in [-0.1, -0.05) is 6.07 Å². The van der Waals surface area contributed by atoms with Crippen molar-refractivity contribution in [3.8, 4) is 5.88 Å². The molecule has 0 spiro atoms. The number of hydrogen-bond acceptors (Lipinski definition) is 4. The molecule has 1 saturated heterocycles. The fourth-order valence-corrected chi connectivity index (χ4v) is 2.74. The number of likely N-dealkylation sites (tertiary alicyclic amines) is 1. The van der Waals surface area contributed by atoms with Crippen LogP contribution in [-0.4, -0.2) is 42.2 Å². The summed E-state index contributed by atoms with van der Waals surface area (Å²) in [4.78, 5) is 6.82. The van der Waals surface area contributed by atoms with Crippen molar-refractivity contribution < 1.29 is 4.74 Å². The molecule has 1 aliphatic rings. The van der Waals surface area contributed by atoms with Crippen LogP contribution in [0.2, 0.25) is 0 Å². The van der Waals surface area contributed by atoms with Crippen LogP contribution in [0, 0.1) is 0 Å². The molecular weight excluding hydrogens is 250 g/mol. The highest BCUT2D eigenvalue weighted by molar-refractivity contribution is 5.17. The number of ether oxygens (including phenoxy) is 1. The lowest BCUT2D eigenvalue weighted by atomic mass is 10.1. The van der Waals surface area contributed by atoms with E-state index in [1.54, 1.807) is 7.11 Å². The molecule has 0 amide bonds. The van der Waals surface area contributed by atoms with Crippen LogP contribution in [-0.2, 0) is 6.54 Å². The molecule has 1 aromatic heterocycles. The molecular formula is C16H27N3O. The Bertz CT molecular complexity index is 391. The molecule has 1 fully saturated rings. The SMILES string of the molecule is COc1ccc(CNC2CCCN(C(C)C)CC2)cn1. The minimum absolute atomic E-state index is 0.626. The average Bonchev–Trinajstić information content (AvgIpc) is 2.71. The summed E-state index contributed by atoms with van der Waals surface area (Å²) < 4.78 is 5.08. The van der Waals surface area contributed by atoms with Crippen LogP contribution in [0.5, 0.6) is 5.88 Å². The molecule has 4 nitrogen and oxygen atoms in total. The zero-order chi connectivity index (χ0) is 14.4. The summed E-state index contributed by atoms with van der Waals surface area (Å²) in [7, 11) is 1.65. The van der Waals surface area contributed by atoms with Gasteiger partial charge in [-0.2, -0.15) is 0 Å². The molecule has 0 bridgehead atoms. The smallest absolute Gasteiger partial charge is 0.212 e. The molecule has 0 aliphatic carbocycles. The quantitative estimate of drug-likeness (QED) is 0.897. The van der Waals surface area contributed by atoms with E-state index in [0.717, 1.165) is 6.54 Å². The van der Waals surface area contributed by atoms with Crippen LogP contribution in [0.15, 0.2) is 18.3 Å². The predicted molar refractivity (Wildman–Crippen MR) is 82.0 cm³/mol. The lowest BCUT2D eigenvalue weighted by molar-refractivity contribution is 0.229. The number of rotatable bonds is 5. The maximum atomic E-state index is 5.08. The van der Waals surface area contributed by atoms with Crippen LogP contribution in [0.25, 0.3) is 0 Å². The molecule has 20 heavy (non-hydrogen) atoms. The number of pyridine rings is 1. The van der Waals surface area contributed by atoms with E-state index in [-0.39, 0.29) is 0 Å². The van der Waals surface area contributed by atoms with Crippen LogP contribution in [0.3, 0.4) is 0 Å². The molecule has 1 atom stereocenters. The standard InChI is InChI=1S/C16H27N3O/c1-13(2)19-9-4-5-15(8-10-19)17-11-14-6-7-16(20-3)18-12-14/h6-7,12-13,15,17H,4-5,8-11H2,1-3H3. The maximum absolute atomic E-state index is 5.08. The molecule has 4 heteroatoms. The Hall–Kier alpha value is -1.13. The Labute approximate surface area is 122 Å². The Morgan fingerprint density at radius 3 is 2.85 bits per heavy atom. The van der Waals surface area contributed by atoms with Gasteiger partial charge in [0.1, 0.15) is 0 Å². The van der Waals surface area contributed by atoms with Crippen LogP contribution < -0.4 is 10.1 Å². The van der Waals surface area contributed by atoms with Crippen molar-refractivity contribution in [2.24, 2.45) is 0 Å². The van der Waals surface area contributed by atoms with Gasteiger partial charge < -0.3 is 15.0 Å². The predicted octanol–water partition coefficient (Wildman–Crippen LogP) is 2.44. The third-order valence-corrected chi connectivity index (χ3v) is 4.09. The fraction of sp³-hybridized carbons (Fsp3) is 0.688. The third kappa shape index (κ3) is 4.46. The first-order valence-electron chi connectivity index (χ1n) is 7.65. The zero-order valence-corrected chi connectivity index (χ0v) is 12.9. The number of nitrogens with one attached hydrogen (secondary N) is 1. The van der Waals surface area contributed by atoms with Crippen molar-refractivity contribution in [1.82, 2.24) is 15.2 Å². The Morgan fingerprint density at radius 2 is 2.20 bits per heavy atom. The van der Waals surface area contributed by atoms with Crippen molar-refractivity contribution in [2.75, 3.05) is 20.2 Å². The number of aromatic nitrogens is 1. The van der Waals surface area contributed by atoms with Gasteiger partial charge in [-0.3, -0.25) is 0 Å². The van der Waals surface area contributed by atoms with E-state index in [0.29, 0.717) is 18.0 Å². The summed E-state index contributed by atoms with van der Waals surface area (Å²) in [5.74, 6) is 0.677. The second kappa shape index (κ2) is 7.60. The second-order valence-electron chi connectivity index (χ2n) is 5.85. The molecule has 0 saturated carbocycles. The average molecular weight is 277 g/mol. The van der Waals surface area contributed by atoms with Crippen LogP contribution >= 0.6 is 0 Å². The highest BCUT2D eigenvalue weighted by Gasteiger charge is 2.18. The maximum Gasteiger partial charge on any atom is 0.212 e. The van der Waals surface area contributed by atoms with Gasteiger partial charge in [0.15, 0.2) is 0 Å². The van der Waals surface area contributed by atoms with E-state index in [9.17, 15) is 0 Å². The fourth-order valence-electron chi connectivity index (χ4n) is 2.74. The Kier molecular flexibility index (Phi) is 5.80. The van der Waals surface area contributed by atoms with E-state index >= 15 is 0 Å². The largest absolute Gasteiger partial charge is 0.481 e. The topological polar surface area (TPSA) is 37.4 Å². The summed E-state index contributed by atoms with van der Waals surface area (Å²) in [6, 6.07) is 5.29. The monoisotopic (exact) mass is 277 g/mol. The van der Waals surface area contributed by atoms with Gasteiger partial charge in [-0.25, -0.2) is 4.98 Å². The van der Waals surface area contributed by atoms with E-state index in [1.165, 1.54) is 37.9 Å². The first-order chi connectivity index (χ1) is 9.69. The van der Waals surface area contributed by atoms with E-state index in [1.807, 2.05) is 12.3 Å². The van der Waals surface area contributed by atoms with Crippen LogP contribution in [0.4, 0.5) is 0 Å². The van der Waals surface area contributed by atoms with Crippen LogP contribution in [0.1, 0.15) is 38.7 Å². The Morgan fingerprint density at radius 1 is 1.35 bits per heavy atom. The lowest BCUT2D eigenvalue weighted by Crippen LogP contribution is -2.33. The molecule has 112 valence electrons. The molecule has 0 radical (unpaired) electrons. The van der Waals surface area contributed by atoms with Gasteiger partial charge in [0.05, 0.1) is 7.11 Å². The van der Waals surface area contributed by atoms with Crippen molar-refractivity contribution >= 4 is 0 Å². The first kappa shape index (κ1) is 15.3. The number of hydrogen-bond donors (Lipinski definition) is 1. The van der Waals surface area contributed by atoms with Gasteiger partial charge in [-0.15, -0.1) is 0 Å². The first-order valence-corrected chi connectivity index (χ1v) is 7.65. The molecule has 0 aromatic carbocycles. The van der Waals surface area contributed by atoms with E-state index in [2.05, 4.69) is 35.1 Å². The summed E-state index contributed by atoms with van der Waals surface area (Å²) in [6.07, 6.45) is 5.69. The van der Waals surface area contributed by atoms with Crippen molar-refractivity contribution in [2.45, 2.75) is 51.7 Å². The summed E-state index contributed by atoms with van der Waals surface area (Å²) >= 11 is 0. The van der Waals surface area contributed by atoms with Gasteiger partial charge in [0, 0.05) is 30.9 Å². The molecule has 1 unspecified atom stereocenters. The molecule has 2 rings (SSSR count). The highest BCUT2D eigenvalue weighted by Crippen LogP contribution is 2.14. The Balaban J connectivity index is 1.78. The van der Waals surface area contributed by atoms with Gasteiger partial charge >= 0.3 is 0 Å². The van der Waals surface area contributed by atoms with Crippen molar-refractivity contribution in [3.63, 3.8) is 0 Å². The minimum Gasteiger partial charge on any atom is -0.481 e. The molecule has 1 N–H and O–H groups in total. The number of nitrogens with zero attached hydrogens (tertiary/aromatic N) is 2. The summed E-state index contributed by atoms with van der Waals surface area (Å²) in [5, 5.41) is 3.67. The normalized spacial score (nSPS) is 20.9. The summed E-state index contributed by atoms with van der Waals surface area (Å²) in [5.41, 5.74) is 1.22. The molecule has 1 aromatic rings. The number of methoxy groups -OCH3 is 1. The van der Waals surface area contributed by atoms with E-state index in [4.69, 9.17) is 4.74 Å². The van der Waals surface area contributed by atoms with Gasteiger partial charge in [-0.05, 0) is 51.8 Å². The molecule has 1 aliphatic heterocycles. The minimum atomic E-state index is 0.626. The van der Waals surface area contributed by atoms with E-state index < -0.39 is 0 Å². The van der Waals surface area contributed by atoms with Crippen molar-refractivity contribution in [3.05, 3.63) is 23.9 Å².